The van der Waals surface area contributed by atoms with Crippen LogP contribution in [0.25, 0.3) is 0 Å². The number of halogens is 2. The highest BCUT2D eigenvalue weighted by atomic mass is 35.5. The summed E-state index contributed by atoms with van der Waals surface area (Å²) in [5, 5.41) is -0.0103. The van der Waals surface area contributed by atoms with E-state index in [9.17, 15) is 14.0 Å². The van der Waals surface area contributed by atoms with Crippen LogP contribution in [0.3, 0.4) is 0 Å². The fourth-order valence-corrected chi connectivity index (χ4v) is 1.88. The average molecular weight is 243 g/mol. The van der Waals surface area contributed by atoms with Crippen molar-refractivity contribution < 1.29 is 18.7 Å². The molecule has 0 aromatic heterocycles. The molecule has 1 heterocycles. The minimum atomic E-state index is -0.554. The molecule has 1 saturated heterocycles. The normalized spacial score (nSPS) is 17.4. The number of benzene rings is 1. The number of ether oxygens (including phenoxy) is 1. The van der Waals surface area contributed by atoms with Crippen molar-refractivity contribution in [2.45, 2.75) is 18.8 Å². The predicted octanol–water partition coefficient (Wildman–Crippen LogP) is 2.43. The topological polar surface area (TPSA) is 43.4 Å². The Kier molecular flexibility index (Phi) is 2.92. The van der Waals surface area contributed by atoms with Crippen LogP contribution in [0.4, 0.5) is 4.39 Å². The average Bonchev–Trinajstić information content (AvgIpc) is 2.20. The van der Waals surface area contributed by atoms with Crippen LogP contribution in [0, 0.1) is 5.82 Å². The van der Waals surface area contributed by atoms with Gasteiger partial charge in [0.15, 0.2) is 0 Å². The van der Waals surface area contributed by atoms with Gasteiger partial charge in [-0.3, -0.25) is 9.59 Å². The second-order valence-electron chi connectivity index (χ2n) is 3.62. The lowest BCUT2D eigenvalue weighted by Crippen LogP contribution is -2.24. The Balaban J connectivity index is 2.26. The number of carbonyl (C=O) groups excluding carboxylic acids is 2. The predicted molar refractivity (Wildman–Crippen MR) is 54.5 cm³/mol. The van der Waals surface area contributed by atoms with Crippen molar-refractivity contribution in [3.63, 3.8) is 0 Å². The molecule has 0 saturated carbocycles. The lowest BCUT2D eigenvalue weighted by Gasteiger charge is -2.20. The Morgan fingerprint density at radius 2 is 1.88 bits per heavy atom. The van der Waals surface area contributed by atoms with Crippen molar-refractivity contribution in [2.75, 3.05) is 0 Å². The zero-order valence-electron chi connectivity index (χ0n) is 8.20. The Bertz CT molecular complexity index is 443. The number of esters is 2. The molecule has 1 aliphatic rings. The Morgan fingerprint density at radius 1 is 1.25 bits per heavy atom. The van der Waals surface area contributed by atoms with Crippen LogP contribution < -0.4 is 0 Å². The van der Waals surface area contributed by atoms with Gasteiger partial charge in [-0.25, -0.2) is 4.39 Å². The minimum Gasteiger partial charge on any atom is -0.393 e. The van der Waals surface area contributed by atoms with E-state index in [1.807, 2.05) is 0 Å². The van der Waals surface area contributed by atoms with Gasteiger partial charge < -0.3 is 4.74 Å². The maximum atomic E-state index is 12.9. The van der Waals surface area contributed by atoms with E-state index in [0.29, 0.717) is 5.56 Å². The van der Waals surface area contributed by atoms with Crippen LogP contribution in [0.15, 0.2) is 18.2 Å². The van der Waals surface area contributed by atoms with E-state index in [2.05, 4.69) is 4.74 Å². The maximum absolute atomic E-state index is 12.9. The zero-order valence-corrected chi connectivity index (χ0v) is 8.96. The number of hydrogen-bond donors (Lipinski definition) is 0. The fourth-order valence-electron chi connectivity index (χ4n) is 1.69. The number of hydrogen-bond acceptors (Lipinski definition) is 3. The molecule has 5 heteroatoms. The SMILES string of the molecule is O=C1CC(c2ccc(F)c(Cl)c2)CC(=O)O1. The molecule has 1 fully saturated rings. The summed E-state index contributed by atoms with van der Waals surface area (Å²) in [5.74, 6) is -1.90. The molecule has 84 valence electrons. The third kappa shape index (κ3) is 2.22. The molecule has 3 nitrogen and oxygen atoms in total. The third-order valence-electron chi connectivity index (χ3n) is 2.47. The molecule has 0 bridgehead atoms. The van der Waals surface area contributed by atoms with Gasteiger partial charge in [0.05, 0.1) is 17.9 Å². The van der Waals surface area contributed by atoms with Gasteiger partial charge in [0.1, 0.15) is 5.82 Å². The van der Waals surface area contributed by atoms with Gasteiger partial charge in [-0.1, -0.05) is 17.7 Å². The van der Waals surface area contributed by atoms with E-state index < -0.39 is 17.8 Å². The quantitative estimate of drug-likeness (QED) is 0.561. The van der Waals surface area contributed by atoms with Crippen LogP contribution in [0.2, 0.25) is 5.02 Å². The summed E-state index contributed by atoms with van der Waals surface area (Å²) in [5.41, 5.74) is 0.677. The second kappa shape index (κ2) is 4.22. The Labute approximate surface area is 96.2 Å². The van der Waals surface area contributed by atoms with E-state index >= 15 is 0 Å². The van der Waals surface area contributed by atoms with Crippen molar-refractivity contribution in [3.8, 4) is 0 Å². The van der Waals surface area contributed by atoms with Gasteiger partial charge in [0.2, 0.25) is 0 Å². The summed E-state index contributed by atoms with van der Waals surface area (Å²) in [7, 11) is 0. The highest BCUT2D eigenvalue weighted by molar-refractivity contribution is 6.30. The Hall–Kier alpha value is -1.42. The molecule has 0 spiro atoms. The summed E-state index contributed by atoms with van der Waals surface area (Å²) in [6.45, 7) is 0. The number of rotatable bonds is 1. The van der Waals surface area contributed by atoms with Crippen molar-refractivity contribution in [2.24, 2.45) is 0 Å². The summed E-state index contributed by atoms with van der Waals surface area (Å²) >= 11 is 5.63. The molecular weight excluding hydrogens is 235 g/mol. The van der Waals surface area contributed by atoms with Crippen LogP contribution in [-0.4, -0.2) is 11.9 Å². The molecule has 0 atom stereocenters. The van der Waals surface area contributed by atoms with E-state index in [-0.39, 0.29) is 23.8 Å². The van der Waals surface area contributed by atoms with Gasteiger partial charge in [0, 0.05) is 5.92 Å². The third-order valence-corrected chi connectivity index (χ3v) is 2.76. The monoisotopic (exact) mass is 242 g/mol. The van der Waals surface area contributed by atoms with Crippen molar-refractivity contribution in [1.29, 1.82) is 0 Å². The number of cyclic esters (lactones) is 2. The first-order chi connectivity index (χ1) is 7.56. The smallest absolute Gasteiger partial charge is 0.314 e. The minimum absolute atomic E-state index is 0.0103. The van der Waals surface area contributed by atoms with Crippen LogP contribution in [0.1, 0.15) is 24.3 Å². The zero-order chi connectivity index (χ0) is 11.7. The van der Waals surface area contributed by atoms with Crippen LogP contribution in [0.5, 0.6) is 0 Å². The first kappa shape index (κ1) is 11.1. The van der Waals surface area contributed by atoms with E-state index in [1.54, 1.807) is 0 Å². The summed E-state index contributed by atoms with van der Waals surface area (Å²) in [6.07, 6.45) is 0.238. The van der Waals surface area contributed by atoms with Crippen molar-refractivity contribution in [1.82, 2.24) is 0 Å². The van der Waals surface area contributed by atoms with Gasteiger partial charge in [-0.15, -0.1) is 0 Å². The van der Waals surface area contributed by atoms with Gasteiger partial charge in [0.25, 0.3) is 0 Å². The first-order valence-electron chi connectivity index (χ1n) is 4.74. The number of carbonyl (C=O) groups is 2. The summed E-state index contributed by atoms with van der Waals surface area (Å²) in [4.78, 5) is 22.1. The van der Waals surface area contributed by atoms with E-state index in [4.69, 9.17) is 11.6 Å². The summed E-state index contributed by atoms with van der Waals surface area (Å²) < 4.78 is 17.3. The van der Waals surface area contributed by atoms with Gasteiger partial charge >= 0.3 is 11.9 Å². The van der Waals surface area contributed by atoms with Crippen LogP contribution >= 0.6 is 11.6 Å². The maximum Gasteiger partial charge on any atom is 0.314 e. The lowest BCUT2D eigenvalue weighted by atomic mass is 9.91. The van der Waals surface area contributed by atoms with Crippen molar-refractivity contribution >= 4 is 23.5 Å². The van der Waals surface area contributed by atoms with Gasteiger partial charge in [-0.2, -0.15) is 0 Å². The molecule has 0 aliphatic carbocycles. The standard InChI is InChI=1S/C11H8ClFO3/c12-8-3-6(1-2-9(8)13)7-4-10(14)16-11(15)5-7/h1-3,7H,4-5H2. The van der Waals surface area contributed by atoms with Gasteiger partial charge in [-0.05, 0) is 17.7 Å². The van der Waals surface area contributed by atoms with E-state index in [1.165, 1.54) is 18.2 Å². The molecule has 0 unspecified atom stereocenters. The fraction of sp³-hybridized carbons (Fsp3) is 0.273. The lowest BCUT2D eigenvalue weighted by molar-refractivity contribution is -0.163. The highest BCUT2D eigenvalue weighted by Gasteiger charge is 2.28. The summed E-state index contributed by atoms with van der Waals surface area (Å²) in [6, 6.07) is 4.19. The molecular formula is C11H8ClFO3. The second-order valence-corrected chi connectivity index (χ2v) is 4.03. The Morgan fingerprint density at radius 3 is 2.44 bits per heavy atom. The molecule has 1 aromatic carbocycles. The molecule has 16 heavy (non-hydrogen) atoms. The highest BCUT2D eigenvalue weighted by Crippen LogP contribution is 2.30. The van der Waals surface area contributed by atoms with Crippen LogP contribution in [-0.2, 0) is 14.3 Å². The molecule has 1 aliphatic heterocycles. The molecule has 0 radical (unpaired) electrons. The molecule has 1 aromatic rings. The van der Waals surface area contributed by atoms with E-state index in [0.717, 1.165) is 0 Å². The molecule has 0 N–H and O–H groups in total. The molecule has 2 rings (SSSR count). The largest absolute Gasteiger partial charge is 0.393 e. The first-order valence-corrected chi connectivity index (χ1v) is 5.12. The molecule has 0 amide bonds. The van der Waals surface area contributed by atoms with Crippen molar-refractivity contribution in [3.05, 3.63) is 34.6 Å².